The summed E-state index contributed by atoms with van der Waals surface area (Å²) < 4.78 is 0. The van der Waals surface area contributed by atoms with E-state index in [2.05, 4.69) is 41.0 Å². The average molecular weight is 432 g/mol. The van der Waals surface area contributed by atoms with E-state index in [1.165, 1.54) is 16.7 Å². The Morgan fingerprint density at radius 1 is 1.25 bits per heavy atom. The van der Waals surface area contributed by atoms with E-state index in [1.54, 1.807) is 19.2 Å². The lowest BCUT2D eigenvalue weighted by Gasteiger charge is -2.32. The van der Waals surface area contributed by atoms with Crippen molar-refractivity contribution in [3.05, 3.63) is 63.5 Å². The second kappa shape index (κ2) is 10.6. The zero-order valence-corrected chi connectivity index (χ0v) is 19.6. The number of hydrogen-bond donors (Lipinski definition) is 1. The molecule has 1 amide bonds. The summed E-state index contributed by atoms with van der Waals surface area (Å²) in [5.74, 6) is 2.58. The third-order valence-electron chi connectivity index (χ3n) is 6.56. The van der Waals surface area contributed by atoms with E-state index in [4.69, 9.17) is 6.42 Å². The third kappa shape index (κ3) is 5.44. The summed E-state index contributed by atoms with van der Waals surface area (Å²) in [4.78, 5) is 31.1. The van der Waals surface area contributed by atoms with E-state index in [0.717, 1.165) is 56.4 Å². The van der Waals surface area contributed by atoms with Gasteiger partial charge in [-0.05, 0) is 74.8 Å². The third-order valence-corrected chi connectivity index (χ3v) is 6.56. The van der Waals surface area contributed by atoms with Crippen LogP contribution in [0.5, 0.6) is 0 Å². The van der Waals surface area contributed by atoms with Crippen LogP contribution in [0, 0.1) is 26.2 Å². The Hall–Kier alpha value is -2.97. The van der Waals surface area contributed by atoms with Gasteiger partial charge >= 0.3 is 0 Å². The molecule has 0 unspecified atom stereocenters. The van der Waals surface area contributed by atoms with Gasteiger partial charge in [0.15, 0.2) is 5.78 Å². The van der Waals surface area contributed by atoms with Crippen molar-refractivity contribution in [2.75, 3.05) is 19.6 Å². The summed E-state index contributed by atoms with van der Waals surface area (Å²) in [6.07, 6.45) is 10.7. The van der Waals surface area contributed by atoms with Crippen LogP contribution in [0.15, 0.2) is 24.4 Å². The number of rotatable bonds is 7. The number of piperidine rings is 1. The van der Waals surface area contributed by atoms with Gasteiger partial charge in [0.25, 0.3) is 5.91 Å². The van der Waals surface area contributed by atoms with Gasteiger partial charge in [-0.15, -0.1) is 6.42 Å². The minimum absolute atomic E-state index is 0.136. The lowest BCUT2D eigenvalue weighted by Crippen LogP contribution is -2.45. The lowest BCUT2D eigenvalue weighted by atomic mass is 9.92. The Labute approximate surface area is 191 Å². The highest BCUT2D eigenvalue weighted by atomic mass is 16.2. The van der Waals surface area contributed by atoms with Crippen molar-refractivity contribution in [2.45, 2.75) is 59.4 Å². The van der Waals surface area contributed by atoms with Crippen LogP contribution in [-0.2, 0) is 12.8 Å². The number of terminal acetylenes is 1. The van der Waals surface area contributed by atoms with Crippen LogP contribution in [0.4, 0.5) is 0 Å². The summed E-state index contributed by atoms with van der Waals surface area (Å²) in [6.45, 7) is 10.7. The van der Waals surface area contributed by atoms with Crippen molar-refractivity contribution in [2.24, 2.45) is 0 Å². The fraction of sp³-hybridized carbons (Fsp3) is 0.444. The first-order valence-electron chi connectivity index (χ1n) is 11.4. The molecule has 1 aliphatic heterocycles. The van der Waals surface area contributed by atoms with Gasteiger partial charge in [0.1, 0.15) is 5.69 Å². The first kappa shape index (κ1) is 23.7. The summed E-state index contributed by atoms with van der Waals surface area (Å²) in [6, 6.07) is 6.01. The second-order valence-electron chi connectivity index (χ2n) is 8.65. The molecular formula is C27H33N3O2. The molecule has 1 N–H and O–H groups in total. The number of carbonyl (C=O) groups excluding carboxylic acids is 2. The zero-order valence-electron chi connectivity index (χ0n) is 19.6. The molecule has 0 bridgehead atoms. The average Bonchev–Trinajstić information content (AvgIpc) is 2.78. The Balaban J connectivity index is 1.51. The maximum absolute atomic E-state index is 12.6. The van der Waals surface area contributed by atoms with Gasteiger partial charge in [-0.3, -0.25) is 9.59 Å². The van der Waals surface area contributed by atoms with Gasteiger partial charge in [0.2, 0.25) is 0 Å². The lowest BCUT2D eigenvalue weighted by molar-refractivity contribution is 0.0905. The first-order valence-corrected chi connectivity index (χ1v) is 11.4. The van der Waals surface area contributed by atoms with E-state index in [1.807, 2.05) is 13.0 Å². The van der Waals surface area contributed by atoms with Crippen LogP contribution in [0.3, 0.4) is 0 Å². The number of benzene rings is 1. The number of nitrogens with zero attached hydrogens (tertiary/aromatic N) is 2. The monoisotopic (exact) mass is 431 g/mol. The van der Waals surface area contributed by atoms with E-state index in [9.17, 15) is 9.59 Å². The van der Waals surface area contributed by atoms with Crippen LogP contribution >= 0.6 is 0 Å². The van der Waals surface area contributed by atoms with Crippen molar-refractivity contribution in [3.63, 3.8) is 0 Å². The van der Waals surface area contributed by atoms with E-state index in [-0.39, 0.29) is 17.7 Å². The van der Waals surface area contributed by atoms with Crippen molar-refractivity contribution >= 4 is 11.7 Å². The summed E-state index contributed by atoms with van der Waals surface area (Å²) in [7, 11) is 0. The molecule has 168 valence electrons. The molecule has 1 aromatic carbocycles. The molecule has 1 aliphatic rings. The predicted molar refractivity (Wildman–Crippen MR) is 128 cm³/mol. The van der Waals surface area contributed by atoms with Crippen LogP contribution < -0.4 is 5.32 Å². The van der Waals surface area contributed by atoms with E-state index >= 15 is 0 Å². The van der Waals surface area contributed by atoms with Gasteiger partial charge in [0, 0.05) is 43.0 Å². The number of amides is 1. The molecule has 5 nitrogen and oxygen atoms in total. The van der Waals surface area contributed by atoms with E-state index < -0.39 is 0 Å². The fourth-order valence-corrected chi connectivity index (χ4v) is 4.53. The molecule has 0 radical (unpaired) electrons. The topological polar surface area (TPSA) is 62.3 Å². The Kier molecular flexibility index (Phi) is 7.82. The molecule has 1 fully saturated rings. The van der Waals surface area contributed by atoms with Gasteiger partial charge in [-0.25, -0.2) is 4.98 Å². The quantitative estimate of drug-likeness (QED) is 0.534. The molecule has 5 heteroatoms. The van der Waals surface area contributed by atoms with Gasteiger partial charge < -0.3 is 10.2 Å². The molecule has 0 spiro atoms. The van der Waals surface area contributed by atoms with Crippen LogP contribution in [0.1, 0.15) is 75.4 Å². The summed E-state index contributed by atoms with van der Waals surface area (Å²) in [5.41, 5.74) is 6.62. The standard InChI is InChI=1S/C27H33N3O2/c1-6-21-17-28-26(16-18(21)3)27(32)29-23-11-14-30(15-12-23)13-10-22-8-9-25(20(5)31)24(7-2)19(22)4/h1,8-9,16-17,23H,7,10-15H2,2-5H3,(H,29,32). The Bertz CT molecular complexity index is 1040. The number of ketones is 1. The molecule has 2 aromatic rings. The highest BCUT2D eigenvalue weighted by molar-refractivity contribution is 5.96. The smallest absolute Gasteiger partial charge is 0.270 e. The van der Waals surface area contributed by atoms with Crippen molar-refractivity contribution < 1.29 is 9.59 Å². The molecule has 2 heterocycles. The minimum atomic E-state index is -0.136. The number of nitrogens with one attached hydrogen (secondary N) is 1. The predicted octanol–water partition coefficient (Wildman–Crippen LogP) is 3.88. The molecule has 0 saturated carbocycles. The van der Waals surface area contributed by atoms with Crippen molar-refractivity contribution in [1.29, 1.82) is 0 Å². The largest absolute Gasteiger partial charge is 0.348 e. The molecule has 1 aromatic heterocycles. The Morgan fingerprint density at radius 3 is 2.56 bits per heavy atom. The number of Topliss-reactive ketones (excluding diaryl/α,β-unsaturated/α-hetero) is 1. The van der Waals surface area contributed by atoms with Crippen LogP contribution in [-0.4, -0.2) is 47.3 Å². The SMILES string of the molecule is C#Cc1cnc(C(=O)NC2CCN(CCc3ccc(C(C)=O)c(CC)c3C)CC2)cc1C. The summed E-state index contributed by atoms with van der Waals surface area (Å²) >= 11 is 0. The van der Waals surface area contributed by atoms with Crippen LogP contribution in [0.2, 0.25) is 0 Å². The molecule has 32 heavy (non-hydrogen) atoms. The molecule has 1 saturated heterocycles. The molecule has 3 rings (SSSR count). The number of aromatic nitrogens is 1. The number of aryl methyl sites for hydroxylation is 1. The second-order valence-corrected chi connectivity index (χ2v) is 8.65. The first-order chi connectivity index (χ1) is 15.3. The van der Waals surface area contributed by atoms with E-state index in [0.29, 0.717) is 11.3 Å². The Morgan fingerprint density at radius 2 is 1.97 bits per heavy atom. The minimum Gasteiger partial charge on any atom is -0.348 e. The number of pyridine rings is 1. The van der Waals surface area contributed by atoms with Gasteiger partial charge in [-0.2, -0.15) is 0 Å². The maximum atomic E-state index is 12.6. The molecular weight excluding hydrogens is 398 g/mol. The normalized spacial score (nSPS) is 14.7. The zero-order chi connectivity index (χ0) is 23.3. The van der Waals surface area contributed by atoms with Crippen molar-refractivity contribution in [1.82, 2.24) is 15.2 Å². The van der Waals surface area contributed by atoms with Gasteiger partial charge in [0.05, 0.1) is 0 Å². The summed E-state index contributed by atoms with van der Waals surface area (Å²) in [5, 5.41) is 3.12. The fourth-order valence-electron chi connectivity index (χ4n) is 4.53. The highest BCUT2D eigenvalue weighted by Crippen LogP contribution is 2.21. The van der Waals surface area contributed by atoms with Gasteiger partial charge in [-0.1, -0.05) is 25.0 Å². The number of likely N-dealkylation sites (tertiary alicyclic amines) is 1. The molecule has 0 atom stereocenters. The maximum Gasteiger partial charge on any atom is 0.270 e. The highest BCUT2D eigenvalue weighted by Gasteiger charge is 2.22. The number of hydrogen-bond acceptors (Lipinski definition) is 4. The molecule has 0 aliphatic carbocycles. The van der Waals surface area contributed by atoms with Crippen molar-refractivity contribution in [3.8, 4) is 12.3 Å². The van der Waals surface area contributed by atoms with Crippen LogP contribution in [0.25, 0.3) is 0 Å². The number of carbonyl (C=O) groups is 2.